The van der Waals surface area contributed by atoms with E-state index in [0.717, 1.165) is 17.3 Å². The van der Waals surface area contributed by atoms with Crippen molar-refractivity contribution in [3.63, 3.8) is 0 Å². The first kappa shape index (κ1) is 6.81. The third-order valence-corrected chi connectivity index (χ3v) is 1.85. The largest absolute Gasteiger partial charge is 0.281 e. The van der Waals surface area contributed by atoms with Gasteiger partial charge in [-0.15, -0.1) is 0 Å². The van der Waals surface area contributed by atoms with E-state index in [0.29, 0.717) is 0 Å². The minimum atomic E-state index is 1.07. The van der Waals surface area contributed by atoms with Crippen LogP contribution in [0.4, 0.5) is 0 Å². The second-order valence-electron chi connectivity index (χ2n) is 1.95. The second-order valence-corrected chi connectivity index (χ2v) is 2.80. The maximum absolute atomic E-state index is 3.87. The average molecular weight is 189 g/mol. The normalized spacial score (nSPS) is 10.0. The minimum absolute atomic E-state index is 1.07. The molecule has 2 nitrogen and oxygen atoms in total. The number of hydrogen-bond donors (Lipinski definition) is 1. The molecule has 0 amide bonds. The number of aromatic nitrogens is 2. The molecule has 0 bridgehead atoms. The molecule has 0 spiro atoms. The Morgan fingerprint density at radius 1 is 1.78 bits per heavy atom. The van der Waals surface area contributed by atoms with E-state index in [1.807, 2.05) is 0 Å². The summed E-state index contributed by atoms with van der Waals surface area (Å²) in [5.41, 5.74) is 1.19. The van der Waals surface area contributed by atoms with Crippen molar-refractivity contribution in [2.24, 2.45) is 0 Å². The fourth-order valence-corrected chi connectivity index (χ4v) is 1.11. The van der Waals surface area contributed by atoms with Crippen molar-refractivity contribution < 1.29 is 0 Å². The highest BCUT2D eigenvalue weighted by Gasteiger charge is 1.97. The molecule has 0 saturated heterocycles. The van der Waals surface area contributed by atoms with Gasteiger partial charge in [-0.3, -0.25) is 5.10 Å². The zero-order valence-electron chi connectivity index (χ0n) is 5.32. The monoisotopic (exact) mass is 188 g/mol. The SMILES string of the molecule is CCCc1[nH]ncc1Br. The van der Waals surface area contributed by atoms with Gasteiger partial charge in [-0.25, -0.2) is 0 Å². The number of nitrogens with one attached hydrogen (secondary N) is 1. The van der Waals surface area contributed by atoms with Crippen LogP contribution in [0.15, 0.2) is 10.7 Å². The predicted molar refractivity (Wildman–Crippen MR) is 40.3 cm³/mol. The lowest BCUT2D eigenvalue weighted by Crippen LogP contribution is -1.82. The zero-order chi connectivity index (χ0) is 6.69. The van der Waals surface area contributed by atoms with Crippen molar-refractivity contribution in [1.82, 2.24) is 10.2 Å². The van der Waals surface area contributed by atoms with E-state index in [1.54, 1.807) is 6.20 Å². The van der Waals surface area contributed by atoms with Crippen LogP contribution in [0.5, 0.6) is 0 Å². The van der Waals surface area contributed by atoms with Crippen LogP contribution in [-0.2, 0) is 6.42 Å². The summed E-state index contributed by atoms with van der Waals surface area (Å²) in [7, 11) is 0. The molecule has 1 rings (SSSR count). The van der Waals surface area contributed by atoms with Gasteiger partial charge in [0, 0.05) is 5.69 Å². The average Bonchev–Trinajstić information content (AvgIpc) is 2.18. The van der Waals surface area contributed by atoms with E-state index in [-0.39, 0.29) is 0 Å². The molecule has 1 aromatic heterocycles. The van der Waals surface area contributed by atoms with Crippen molar-refractivity contribution in [3.8, 4) is 0 Å². The quantitative estimate of drug-likeness (QED) is 0.758. The molecule has 0 aliphatic carbocycles. The maximum atomic E-state index is 3.87. The van der Waals surface area contributed by atoms with E-state index in [9.17, 15) is 0 Å². The Morgan fingerprint density at radius 3 is 3.00 bits per heavy atom. The molecular formula is C6H9BrN2. The molecular weight excluding hydrogens is 180 g/mol. The van der Waals surface area contributed by atoms with E-state index < -0.39 is 0 Å². The molecule has 9 heavy (non-hydrogen) atoms. The summed E-state index contributed by atoms with van der Waals surface area (Å²) in [4.78, 5) is 0. The van der Waals surface area contributed by atoms with Crippen LogP contribution in [0, 0.1) is 0 Å². The number of hydrogen-bond acceptors (Lipinski definition) is 1. The smallest absolute Gasteiger partial charge is 0.0632 e. The summed E-state index contributed by atoms with van der Waals surface area (Å²) < 4.78 is 1.09. The van der Waals surface area contributed by atoms with Crippen LogP contribution in [0.1, 0.15) is 19.0 Å². The summed E-state index contributed by atoms with van der Waals surface area (Å²) >= 11 is 3.37. The van der Waals surface area contributed by atoms with Crippen LogP contribution in [0.3, 0.4) is 0 Å². The van der Waals surface area contributed by atoms with Gasteiger partial charge in [0.15, 0.2) is 0 Å². The summed E-state index contributed by atoms with van der Waals surface area (Å²) in [5.74, 6) is 0. The molecule has 1 N–H and O–H groups in total. The molecule has 0 aliphatic rings. The van der Waals surface area contributed by atoms with Crippen LogP contribution in [0.25, 0.3) is 0 Å². The molecule has 1 heterocycles. The topological polar surface area (TPSA) is 28.7 Å². The summed E-state index contributed by atoms with van der Waals surface area (Å²) in [6.45, 7) is 2.15. The van der Waals surface area contributed by atoms with E-state index in [2.05, 4.69) is 33.1 Å². The summed E-state index contributed by atoms with van der Waals surface area (Å²) in [5, 5.41) is 6.78. The molecule has 0 unspecified atom stereocenters. The van der Waals surface area contributed by atoms with Crippen molar-refractivity contribution in [2.75, 3.05) is 0 Å². The lowest BCUT2D eigenvalue weighted by Gasteiger charge is -1.90. The number of aryl methyl sites for hydroxylation is 1. The van der Waals surface area contributed by atoms with E-state index in [1.165, 1.54) is 5.69 Å². The highest BCUT2D eigenvalue weighted by molar-refractivity contribution is 9.10. The highest BCUT2D eigenvalue weighted by atomic mass is 79.9. The Labute approximate surface area is 62.8 Å². The van der Waals surface area contributed by atoms with Gasteiger partial charge >= 0.3 is 0 Å². The van der Waals surface area contributed by atoms with Gasteiger partial charge in [0.05, 0.1) is 10.7 Å². The first-order chi connectivity index (χ1) is 4.34. The maximum Gasteiger partial charge on any atom is 0.0632 e. The van der Waals surface area contributed by atoms with E-state index in [4.69, 9.17) is 0 Å². The molecule has 0 radical (unpaired) electrons. The van der Waals surface area contributed by atoms with Gasteiger partial charge in [-0.2, -0.15) is 5.10 Å². The highest BCUT2D eigenvalue weighted by Crippen LogP contribution is 2.13. The Kier molecular flexibility index (Phi) is 2.28. The second kappa shape index (κ2) is 3.01. The number of aromatic amines is 1. The fraction of sp³-hybridized carbons (Fsp3) is 0.500. The van der Waals surface area contributed by atoms with Gasteiger partial charge in [0.25, 0.3) is 0 Å². The predicted octanol–water partition coefficient (Wildman–Crippen LogP) is 2.12. The van der Waals surface area contributed by atoms with Gasteiger partial charge in [0.2, 0.25) is 0 Å². The minimum Gasteiger partial charge on any atom is -0.281 e. The Balaban J connectivity index is 2.69. The first-order valence-corrected chi connectivity index (χ1v) is 3.81. The third kappa shape index (κ3) is 1.55. The Hall–Kier alpha value is -0.310. The van der Waals surface area contributed by atoms with Crippen LogP contribution < -0.4 is 0 Å². The van der Waals surface area contributed by atoms with Crippen molar-refractivity contribution in [1.29, 1.82) is 0 Å². The Bertz CT molecular complexity index is 183. The standard InChI is InChI=1S/C6H9BrN2/c1-2-3-6-5(7)4-8-9-6/h4H,2-3H2,1H3,(H,8,9). The number of nitrogens with zero attached hydrogens (tertiary/aromatic N) is 1. The van der Waals surface area contributed by atoms with Crippen molar-refractivity contribution in [3.05, 3.63) is 16.4 Å². The lowest BCUT2D eigenvalue weighted by atomic mass is 10.3. The number of halogens is 1. The first-order valence-electron chi connectivity index (χ1n) is 3.02. The van der Waals surface area contributed by atoms with Gasteiger partial charge in [-0.1, -0.05) is 13.3 Å². The molecule has 0 aromatic carbocycles. The summed E-state index contributed by atoms with van der Waals surface area (Å²) in [6, 6.07) is 0. The molecule has 0 saturated carbocycles. The number of rotatable bonds is 2. The molecule has 50 valence electrons. The fourth-order valence-electron chi connectivity index (χ4n) is 0.724. The van der Waals surface area contributed by atoms with Crippen LogP contribution >= 0.6 is 15.9 Å². The summed E-state index contributed by atoms with van der Waals surface area (Å²) in [6.07, 6.45) is 4.01. The molecule has 0 atom stereocenters. The number of H-pyrrole nitrogens is 1. The molecule has 1 aromatic rings. The molecule has 3 heteroatoms. The Morgan fingerprint density at radius 2 is 2.56 bits per heavy atom. The molecule has 0 fully saturated rings. The zero-order valence-corrected chi connectivity index (χ0v) is 6.90. The van der Waals surface area contributed by atoms with Gasteiger partial charge < -0.3 is 0 Å². The van der Waals surface area contributed by atoms with Crippen LogP contribution in [-0.4, -0.2) is 10.2 Å². The van der Waals surface area contributed by atoms with E-state index >= 15 is 0 Å². The van der Waals surface area contributed by atoms with Crippen LogP contribution in [0.2, 0.25) is 0 Å². The lowest BCUT2D eigenvalue weighted by molar-refractivity contribution is 0.864. The van der Waals surface area contributed by atoms with Crippen molar-refractivity contribution in [2.45, 2.75) is 19.8 Å². The third-order valence-electron chi connectivity index (χ3n) is 1.17. The van der Waals surface area contributed by atoms with Crippen molar-refractivity contribution >= 4 is 15.9 Å². The molecule has 0 aliphatic heterocycles. The van der Waals surface area contributed by atoms with Gasteiger partial charge in [-0.05, 0) is 22.4 Å². The van der Waals surface area contributed by atoms with Gasteiger partial charge in [0.1, 0.15) is 0 Å².